The van der Waals surface area contributed by atoms with Gasteiger partial charge < -0.3 is 4.74 Å². The molecular weight excluding hydrogens is 317 g/mol. The summed E-state index contributed by atoms with van der Waals surface area (Å²) in [6.45, 7) is 1.60. The van der Waals surface area contributed by atoms with Crippen molar-refractivity contribution < 1.29 is 14.1 Å². The molecule has 0 aliphatic carbocycles. The molecule has 0 unspecified atom stereocenters. The molecule has 0 fully saturated rings. The first-order chi connectivity index (χ1) is 8.97. The lowest BCUT2D eigenvalue weighted by atomic mass is 10.2. The second-order valence-electron chi connectivity index (χ2n) is 3.86. The van der Waals surface area contributed by atoms with Crippen molar-refractivity contribution in [2.45, 2.75) is 6.92 Å². The Kier molecular flexibility index (Phi) is 3.80. The predicted octanol–water partition coefficient (Wildman–Crippen LogP) is 4.60. The second-order valence-corrected chi connectivity index (χ2v) is 4.78. The van der Waals surface area contributed by atoms with E-state index in [-0.39, 0.29) is 11.5 Å². The molecule has 4 nitrogen and oxygen atoms in total. The average Bonchev–Trinajstić information content (AvgIpc) is 2.35. The minimum Gasteiger partial charge on any atom is -0.457 e. The van der Waals surface area contributed by atoms with Gasteiger partial charge in [0.1, 0.15) is 17.3 Å². The lowest BCUT2D eigenvalue weighted by Gasteiger charge is -2.09. The molecule has 0 radical (unpaired) electrons. The molecule has 0 amide bonds. The summed E-state index contributed by atoms with van der Waals surface area (Å²) in [6, 6.07) is 8.48. The number of hydrogen-bond acceptors (Lipinski definition) is 3. The van der Waals surface area contributed by atoms with Gasteiger partial charge in [-0.05, 0) is 37.3 Å². The van der Waals surface area contributed by atoms with Gasteiger partial charge in [0, 0.05) is 10.5 Å². The van der Waals surface area contributed by atoms with Gasteiger partial charge in [-0.25, -0.2) is 4.39 Å². The van der Waals surface area contributed by atoms with Crippen LogP contribution in [0.3, 0.4) is 0 Å². The van der Waals surface area contributed by atoms with Gasteiger partial charge in [-0.1, -0.05) is 15.9 Å². The number of ether oxygens (including phenoxy) is 1. The molecule has 0 heterocycles. The zero-order valence-corrected chi connectivity index (χ0v) is 11.5. The third-order valence-electron chi connectivity index (χ3n) is 2.54. The van der Waals surface area contributed by atoms with Gasteiger partial charge in [-0.2, -0.15) is 0 Å². The molecule has 19 heavy (non-hydrogen) atoms. The SMILES string of the molecule is Cc1c(Oc2ccc(F)cc2)cc(Br)cc1[N+](=O)[O-]. The second kappa shape index (κ2) is 5.36. The monoisotopic (exact) mass is 325 g/mol. The zero-order valence-electron chi connectivity index (χ0n) is 9.89. The number of nitrogens with zero attached hydrogens (tertiary/aromatic N) is 1. The van der Waals surface area contributed by atoms with Gasteiger partial charge in [-0.15, -0.1) is 0 Å². The number of rotatable bonds is 3. The van der Waals surface area contributed by atoms with Gasteiger partial charge >= 0.3 is 0 Å². The van der Waals surface area contributed by atoms with Crippen LogP contribution in [0, 0.1) is 22.9 Å². The number of nitro groups is 1. The van der Waals surface area contributed by atoms with E-state index in [0.717, 1.165) is 0 Å². The normalized spacial score (nSPS) is 10.3. The van der Waals surface area contributed by atoms with Crippen LogP contribution in [0.25, 0.3) is 0 Å². The van der Waals surface area contributed by atoms with Crippen molar-refractivity contribution in [2.75, 3.05) is 0 Å². The fourth-order valence-corrected chi connectivity index (χ4v) is 1.99. The van der Waals surface area contributed by atoms with Gasteiger partial charge in [-0.3, -0.25) is 10.1 Å². The number of nitro benzene ring substituents is 1. The van der Waals surface area contributed by atoms with Crippen LogP contribution in [0.4, 0.5) is 10.1 Å². The van der Waals surface area contributed by atoms with E-state index in [9.17, 15) is 14.5 Å². The highest BCUT2D eigenvalue weighted by atomic mass is 79.9. The summed E-state index contributed by atoms with van der Waals surface area (Å²) in [4.78, 5) is 10.4. The largest absolute Gasteiger partial charge is 0.457 e. The lowest BCUT2D eigenvalue weighted by molar-refractivity contribution is -0.385. The van der Waals surface area contributed by atoms with Gasteiger partial charge in [0.25, 0.3) is 5.69 Å². The molecule has 0 saturated heterocycles. The molecule has 2 rings (SSSR count). The molecule has 0 saturated carbocycles. The van der Waals surface area contributed by atoms with Crippen LogP contribution >= 0.6 is 15.9 Å². The number of halogens is 2. The summed E-state index contributed by atoms with van der Waals surface area (Å²) in [5, 5.41) is 10.9. The predicted molar refractivity (Wildman–Crippen MR) is 72.0 cm³/mol. The maximum absolute atomic E-state index is 12.8. The Hall–Kier alpha value is -1.95. The van der Waals surface area contributed by atoms with Crippen molar-refractivity contribution in [2.24, 2.45) is 0 Å². The van der Waals surface area contributed by atoms with Crippen LogP contribution < -0.4 is 4.74 Å². The Morgan fingerprint density at radius 1 is 1.26 bits per heavy atom. The third kappa shape index (κ3) is 3.08. The van der Waals surface area contributed by atoms with E-state index in [1.807, 2.05) is 0 Å². The third-order valence-corrected chi connectivity index (χ3v) is 2.99. The Bertz CT molecular complexity index is 629. The Morgan fingerprint density at radius 2 is 1.89 bits per heavy atom. The van der Waals surface area contributed by atoms with Gasteiger partial charge in [0.15, 0.2) is 0 Å². The van der Waals surface area contributed by atoms with E-state index in [1.54, 1.807) is 13.0 Å². The lowest BCUT2D eigenvalue weighted by Crippen LogP contribution is -1.95. The Balaban J connectivity index is 2.39. The summed E-state index contributed by atoms with van der Waals surface area (Å²) in [6.07, 6.45) is 0. The molecule has 0 aliphatic heterocycles. The van der Waals surface area contributed by atoms with Crippen molar-refractivity contribution in [1.82, 2.24) is 0 Å². The highest BCUT2D eigenvalue weighted by Crippen LogP contribution is 2.34. The molecule has 2 aromatic rings. The zero-order chi connectivity index (χ0) is 14.0. The highest BCUT2D eigenvalue weighted by molar-refractivity contribution is 9.10. The van der Waals surface area contributed by atoms with E-state index in [0.29, 0.717) is 21.5 Å². The fraction of sp³-hybridized carbons (Fsp3) is 0.0769. The van der Waals surface area contributed by atoms with Crippen molar-refractivity contribution in [1.29, 1.82) is 0 Å². The molecule has 2 aromatic carbocycles. The molecule has 0 atom stereocenters. The van der Waals surface area contributed by atoms with Crippen LogP contribution in [0.2, 0.25) is 0 Å². The first-order valence-electron chi connectivity index (χ1n) is 5.35. The maximum atomic E-state index is 12.8. The number of hydrogen-bond donors (Lipinski definition) is 0. The molecule has 0 aliphatic rings. The molecule has 98 valence electrons. The first kappa shape index (κ1) is 13.5. The minimum atomic E-state index is -0.475. The molecular formula is C13H9BrFNO3. The summed E-state index contributed by atoms with van der Waals surface area (Å²) in [5.74, 6) is 0.397. The van der Waals surface area contributed by atoms with E-state index in [4.69, 9.17) is 4.74 Å². The Morgan fingerprint density at radius 3 is 2.47 bits per heavy atom. The van der Waals surface area contributed by atoms with Crippen LogP contribution in [0.5, 0.6) is 11.5 Å². The summed E-state index contributed by atoms with van der Waals surface area (Å²) < 4.78 is 18.9. The standard InChI is InChI=1S/C13H9BrFNO3/c1-8-12(16(17)18)6-9(14)7-13(8)19-11-4-2-10(15)3-5-11/h2-7H,1H3. The maximum Gasteiger partial charge on any atom is 0.277 e. The first-order valence-corrected chi connectivity index (χ1v) is 6.14. The van der Waals surface area contributed by atoms with Crippen molar-refractivity contribution in [3.05, 3.63) is 62.4 Å². The summed E-state index contributed by atoms with van der Waals surface area (Å²) >= 11 is 3.20. The van der Waals surface area contributed by atoms with Gasteiger partial charge in [0.05, 0.1) is 10.5 Å². The van der Waals surface area contributed by atoms with E-state index < -0.39 is 4.92 Å². The van der Waals surface area contributed by atoms with Crippen LogP contribution in [-0.4, -0.2) is 4.92 Å². The molecule has 0 spiro atoms. The Labute approximate surface area is 117 Å². The average molecular weight is 326 g/mol. The topological polar surface area (TPSA) is 52.4 Å². The van der Waals surface area contributed by atoms with Crippen molar-refractivity contribution in [3.63, 3.8) is 0 Å². The highest BCUT2D eigenvalue weighted by Gasteiger charge is 2.17. The summed E-state index contributed by atoms with van der Waals surface area (Å²) in [7, 11) is 0. The minimum absolute atomic E-state index is 0.0357. The van der Waals surface area contributed by atoms with Crippen molar-refractivity contribution in [3.8, 4) is 11.5 Å². The van der Waals surface area contributed by atoms with E-state index >= 15 is 0 Å². The fourth-order valence-electron chi connectivity index (χ4n) is 1.57. The molecule has 0 N–H and O–H groups in total. The van der Waals surface area contributed by atoms with E-state index in [1.165, 1.54) is 30.3 Å². The molecule has 0 aromatic heterocycles. The summed E-state index contributed by atoms with van der Waals surface area (Å²) in [5.41, 5.74) is 0.379. The quantitative estimate of drug-likeness (QED) is 0.612. The van der Waals surface area contributed by atoms with Crippen molar-refractivity contribution >= 4 is 21.6 Å². The van der Waals surface area contributed by atoms with Gasteiger partial charge in [0.2, 0.25) is 0 Å². The smallest absolute Gasteiger partial charge is 0.277 e. The van der Waals surface area contributed by atoms with Crippen LogP contribution in [0.15, 0.2) is 40.9 Å². The van der Waals surface area contributed by atoms with Crippen LogP contribution in [0.1, 0.15) is 5.56 Å². The number of benzene rings is 2. The molecule has 6 heteroatoms. The van der Waals surface area contributed by atoms with Crippen LogP contribution in [-0.2, 0) is 0 Å². The molecule has 0 bridgehead atoms. The van der Waals surface area contributed by atoms with E-state index in [2.05, 4.69) is 15.9 Å².